The van der Waals surface area contributed by atoms with Crippen LogP contribution >= 0.6 is 0 Å². The summed E-state index contributed by atoms with van der Waals surface area (Å²) >= 11 is 0. The molecule has 1 aliphatic heterocycles. The predicted molar refractivity (Wildman–Crippen MR) is 58.4 cm³/mol. The van der Waals surface area contributed by atoms with Gasteiger partial charge in [0.2, 0.25) is 0 Å². The highest BCUT2D eigenvalue weighted by molar-refractivity contribution is 5.78. The summed E-state index contributed by atoms with van der Waals surface area (Å²) in [4.78, 5) is 6.32. The Kier molecular flexibility index (Phi) is 4.20. The highest BCUT2D eigenvalue weighted by Gasteiger charge is 2.28. The average molecular weight is 199 g/mol. The van der Waals surface area contributed by atoms with E-state index in [1.165, 1.54) is 0 Å². The van der Waals surface area contributed by atoms with E-state index >= 15 is 0 Å². The van der Waals surface area contributed by atoms with Crippen molar-refractivity contribution in [1.82, 2.24) is 4.90 Å². The van der Waals surface area contributed by atoms with E-state index in [0.717, 1.165) is 26.0 Å². The van der Waals surface area contributed by atoms with Crippen LogP contribution in [0.5, 0.6) is 0 Å². The van der Waals surface area contributed by atoms with E-state index in [1.807, 2.05) is 11.9 Å². The largest absolute Gasteiger partial charge is 0.376 e. The molecule has 2 atom stereocenters. The fourth-order valence-corrected chi connectivity index (χ4v) is 1.74. The van der Waals surface area contributed by atoms with Gasteiger partial charge in [0.15, 0.2) is 5.96 Å². The summed E-state index contributed by atoms with van der Waals surface area (Å²) in [5, 5.41) is 0. The van der Waals surface area contributed by atoms with Gasteiger partial charge in [-0.25, -0.2) is 0 Å². The minimum atomic E-state index is 0.260. The Balaban J connectivity index is 2.50. The standard InChI is InChI=1S/C10H21N3O/c1-4-6-12-10(11)13(3)9-5-7-14-8(9)2/h8-9H,4-7H2,1-3H3,(H2,11,12). The van der Waals surface area contributed by atoms with Crippen molar-refractivity contribution in [2.75, 3.05) is 20.2 Å². The van der Waals surface area contributed by atoms with Gasteiger partial charge in [-0.15, -0.1) is 0 Å². The zero-order valence-corrected chi connectivity index (χ0v) is 9.36. The van der Waals surface area contributed by atoms with Gasteiger partial charge < -0.3 is 15.4 Å². The maximum absolute atomic E-state index is 5.87. The van der Waals surface area contributed by atoms with E-state index in [9.17, 15) is 0 Å². The molecule has 4 heteroatoms. The van der Waals surface area contributed by atoms with E-state index in [1.54, 1.807) is 0 Å². The fraction of sp³-hybridized carbons (Fsp3) is 0.900. The second-order valence-electron chi connectivity index (χ2n) is 3.78. The molecule has 1 heterocycles. The lowest BCUT2D eigenvalue weighted by Gasteiger charge is -2.27. The Hall–Kier alpha value is -0.770. The van der Waals surface area contributed by atoms with Crippen LogP contribution < -0.4 is 5.73 Å². The number of guanidine groups is 1. The molecular weight excluding hydrogens is 178 g/mol. The van der Waals surface area contributed by atoms with Gasteiger partial charge in [0.1, 0.15) is 0 Å². The molecule has 2 unspecified atom stereocenters. The van der Waals surface area contributed by atoms with E-state index < -0.39 is 0 Å². The van der Waals surface area contributed by atoms with Gasteiger partial charge in [0.25, 0.3) is 0 Å². The number of aliphatic imine (C=N–C) groups is 1. The molecule has 1 rings (SSSR count). The molecule has 0 radical (unpaired) electrons. The number of nitrogens with two attached hydrogens (primary N) is 1. The minimum absolute atomic E-state index is 0.260. The lowest BCUT2D eigenvalue weighted by Crippen LogP contribution is -2.45. The van der Waals surface area contributed by atoms with Crippen molar-refractivity contribution in [2.24, 2.45) is 10.7 Å². The molecule has 1 saturated heterocycles. The molecule has 0 aromatic carbocycles. The van der Waals surface area contributed by atoms with Gasteiger partial charge in [0.05, 0.1) is 12.1 Å². The zero-order valence-electron chi connectivity index (χ0n) is 9.36. The van der Waals surface area contributed by atoms with Crippen LogP contribution in [0.4, 0.5) is 0 Å². The summed E-state index contributed by atoms with van der Waals surface area (Å²) < 4.78 is 5.49. The molecule has 0 aliphatic carbocycles. The van der Waals surface area contributed by atoms with Gasteiger partial charge in [-0.2, -0.15) is 0 Å². The summed E-state index contributed by atoms with van der Waals surface area (Å²) in [7, 11) is 1.99. The second kappa shape index (κ2) is 5.20. The van der Waals surface area contributed by atoms with E-state index in [4.69, 9.17) is 10.5 Å². The molecule has 4 nitrogen and oxygen atoms in total. The average Bonchev–Trinajstić information content (AvgIpc) is 2.59. The SMILES string of the molecule is CCCN=C(N)N(C)C1CCOC1C. The van der Waals surface area contributed by atoms with Gasteiger partial charge >= 0.3 is 0 Å². The molecule has 0 spiro atoms. The van der Waals surface area contributed by atoms with Crippen LogP contribution in [0.15, 0.2) is 4.99 Å². The van der Waals surface area contributed by atoms with Crippen molar-refractivity contribution in [3.05, 3.63) is 0 Å². The first-order chi connectivity index (χ1) is 6.66. The second-order valence-corrected chi connectivity index (χ2v) is 3.78. The first kappa shape index (κ1) is 11.3. The molecule has 82 valence electrons. The lowest BCUT2D eigenvalue weighted by atomic mass is 10.1. The molecule has 2 N–H and O–H groups in total. The smallest absolute Gasteiger partial charge is 0.191 e. The summed E-state index contributed by atoms with van der Waals surface area (Å²) in [5.74, 6) is 0.634. The molecule has 1 fully saturated rings. The maximum Gasteiger partial charge on any atom is 0.191 e. The van der Waals surface area contributed by atoms with E-state index in [-0.39, 0.29) is 6.10 Å². The van der Waals surface area contributed by atoms with Crippen molar-refractivity contribution < 1.29 is 4.74 Å². The summed E-state index contributed by atoms with van der Waals surface area (Å²) in [6, 6.07) is 0.385. The molecule has 0 bridgehead atoms. The highest BCUT2D eigenvalue weighted by atomic mass is 16.5. The Morgan fingerprint density at radius 1 is 1.64 bits per heavy atom. The van der Waals surface area contributed by atoms with E-state index in [2.05, 4.69) is 18.8 Å². The monoisotopic (exact) mass is 199 g/mol. The van der Waals surface area contributed by atoms with Crippen molar-refractivity contribution in [2.45, 2.75) is 38.8 Å². The molecule has 1 aliphatic rings. The minimum Gasteiger partial charge on any atom is -0.376 e. The van der Waals surface area contributed by atoms with Crippen molar-refractivity contribution >= 4 is 5.96 Å². The molecule has 0 saturated carbocycles. The zero-order chi connectivity index (χ0) is 10.6. The Labute approximate surface area is 86.1 Å². The van der Waals surface area contributed by atoms with Crippen LogP contribution in [0.3, 0.4) is 0 Å². The summed E-state index contributed by atoms with van der Waals surface area (Å²) in [6.45, 7) is 5.81. The third kappa shape index (κ3) is 2.61. The molecule has 0 aromatic heterocycles. The van der Waals surface area contributed by atoms with Gasteiger partial charge in [-0.05, 0) is 19.8 Å². The lowest BCUT2D eigenvalue weighted by molar-refractivity contribution is 0.0996. The quantitative estimate of drug-likeness (QED) is 0.541. The third-order valence-electron chi connectivity index (χ3n) is 2.69. The van der Waals surface area contributed by atoms with Crippen LogP contribution in [-0.4, -0.2) is 43.2 Å². The van der Waals surface area contributed by atoms with E-state index in [0.29, 0.717) is 12.0 Å². The summed E-state index contributed by atoms with van der Waals surface area (Å²) in [5.41, 5.74) is 5.87. The highest BCUT2D eigenvalue weighted by Crippen LogP contribution is 2.17. The van der Waals surface area contributed by atoms with Crippen LogP contribution in [-0.2, 0) is 4.74 Å². The number of ether oxygens (including phenoxy) is 1. The van der Waals surface area contributed by atoms with Crippen LogP contribution in [0.2, 0.25) is 0 Å². The number of hydrogen-bond acceptors (Lipinski definition) is 2. The molecular formula is C10H21N3O. The topological polar surface area (TPSA) is 50.8 Å². The first-order valence-electron chi connectivity index (χ1n) is 5.31. The number of likely N-dealkylation sites (N-methyl/N-ethyl adjacent to an activating group) is 1. The molecule has 0 amide bonds. The van der Waals surface area contributed by atoms with Crippen molar-refractivity contribution in [1.29, 1.82) is 0 Å². The number of rotatable bonds is 3. The van der Waals surface area contributed by atoms with Crippen LogP contribution in [0.25, 0.3) is 0 Å². The number of nitrogens with zero attached hydrogens (tertiary/aromatic N) is 2. The predicted octanol–water partition coefficient (Wildman–Crippen LogP) is 0.820. The Bertz CT molecular complexity index is 206. The normalized spacial score (nSPS) is 28.1. The van der Waals surface area contributed by atoms with Crippen molar-refractivity contribution in [3.8, 4) is 0 Å². The molecule has 0 aromatic rings. The van der Waals surface area contributed by atoms with Crippen LogP contribution in [0, 0.1) is 0 Å². The van der Waals surface area contributed by atoms with Crippen LogP contribution in [0.1, 0.15) is 26.7 Å². The van der Waals surface area contributed by atoms with Crippen molar-refractivity contribution in [3.63, 3.8) is 0 Å². The van der Waals surface area contributed by atoms with Gasteiger partial charge in [0, 0.05) is 20.2 Å². The van der Waals surface area contributed by atoms with Gasteiger partial charge in [-0.3, -0.25) is 4.99 Å². The maximum atomic E-state index is 5.87. The Morgan fingerprint density at radius 2 is 2.36 bits per heavy atom. The molecule has 14 heavy (non-hydrogen) atoms. The third-order valence-corrected chi connectivity index (χ3v) is 2.69. The summed E-state index contributed by atoms with van der Waals surface area (Å²) in [6.07, 6.45) is 2.33. The van der Waals surface area contributed by atoms with Gasteiger partial charge in [-0.1, -0.05) is 6.92 Å². The number of hydrogen-bond donors (Lipinski definition) is 1. The first-order valence-corrected chi connectivity index (χ1v) is 5.31. The fourth-order valence-electron chi connectivity index (χ4n) is 1.74. The Morgan fingerprint density at radius 3 is 2.86 bits per heavy atom.